The topological polar surface area (TPSA) is 64.4 Å². The second-order valence-corrected chi connectivity index (χ2v) is 3.69. The zero-order chi connectivity index (χ0) is 12.8. The van der Waals surface area contributed by atoms with Crippen LogP contribution in [0.15, 0.2) is 54.6 Å². The number of carbonyl (C=O) groups is 1. The van der Waals surface area contributed by atoms with Gasteiger partial charge in [0, 0.05) is 5.69 Å². The molecule has 2 rings (SSSR count). The quantitative estimate of drug-likeness (QED) is 0.904. The minimum Gasteiger partial charge on any atom is -0.457 e. The lowest BCUT2D eigenvalue weighted by Gasteiger charge is -2.07. The van der Waals surface area contributed by atoms with Crippen LogP contribution in [0.1, 0.15) is 0 Å². The highest BCUT2D eigenvalue weighted by molar-refractivity contribution is 5.92. The fourth-order valence-corrected chi connectivity index (χ4v) is 1.44. The largest absolute Gasteiger partial charge is 0.457 e. The van der Waals surface area contributed by atoms with Gasteiger partial charge >= 0.3 is 0 Å². The van der Waals surface area contributed by atoms with Crippen molar-refractivity contribution in [2.24, 2.45) is 5.73 Å². The van der Waals surface area contributed by atoms with E-state index in [1.165, 1.54) is 0 Å². The maximum atomic E-state index is 11.1. The Morgan fingerprint density at radius 2 is 1.58 bits per heavy atom. The summed E-state index contributed by atoms with van der Waals surface area (Å²) in [5.41, 5.74) is 5.92. The number of halogens is 1. The molecule has 0 radical (unpaired) electrons. The third-order valence-electron chi connectivity index (χ3n) is 2.30. The molecule has 0 heterocycles. The Bertz CT molecular complexity index is 515. The molecule has 1 amide bonds. The molecule has 0 unspecified atom stereocenters. The first-order valence-electron chi connectivity index (χ1n) is 5.61. The van der Waals surface area contributed by atoms with Crippen LogP contribution in [-0.2, 0) is 4.79 Å². The van der Waals surface area contributed by atoms with Crippen molar-refractivity contribution in [1.82, 2.24) is 0 Å². The van der Waals surface area contributed by atoms with Crippen molar-refractivity contribution in [3.63, 3.8) is 0 Å². The van der Waals surface area contributed by atoms with E-state index in [0.29, 0.717) is 11.4 Å². The number of amides is 1. The summed E-state index contributed by atoms with van der Waals surface area (Å²) in [6, 6.07) is 16.6. The second-order valence-electron chi connectivity index (χ2n) is 3.69. The van der Waals surface area contributed by atoms with E-state index in [2.05, 4.69) is 5.32 Å². The predicted octanol–water partition coefficient (Wildman–Crippen LogP) is 2.80. The summed E-state index contributed by atoms with van der Waals surface area (Å²) < 4.78 is 5.63. The molecule has 5 heteroatoms. The van der Waals surface area contributed by atoms with Gasteiger partial charge in [-0.05, 0) is 36.4 Å². The van der Waals surface area contributed by atoms with Gasteiger partial charge in [0.05, 0.1) is 6.54 Å². The molecule has 0 fully saturated rings. The first-order valence-corrected chi connectivity index (χ1v) is 5.61. The molecular weight excluding hydrogens is 264 g/mol. The Kier molecular flexibility index (Phi) is 5.85. The van der Waals surface area contributed by atoms with Crippen LogP contribution >= 0.6 is 12.4 Å². The number of hydrogen-bond donors (Lipinski definition) is 2. The number of anilines is 1. The van der Waals surface area contributed by atoms with Crippen LogP contribution in [0.5, 0.6) is 11.5 Å². The van der Waals surface area contributed by atoms with Gasteiger partial charge in [-0.25, -0.2) is 0 Å². The van der Waals surface area contributed by atoms with Crippen molar-refractivity contribution >= 4 is 24.0 Å². The summed E-state index contributed by atoms with van der Waals surface area (Å²) in [5, 5.41) is 2.66. The first-order chi connectivity index (χ1) is 8.78. The summed E-state index contributed by atoms with van der Waals surface area (Å²) in [6.45, 7) is -0.0255. The molecule has 0 aliphatic rings. The zero-order valence-electron chi connectivity index (χ0n) is 10.2. The molecule has 0 atom stereocenters. The number of rotatable bonds is 4. The fourth-order valence-electron chi connectivity index (χ4n) is 1.44. The molecule has 0 bridgehead atoms. The molecule has 19 heavy (non-hydrogen) atoms. The lowest BCUT2D eigenvalue weighted by atomic mass is 10.3. The van der Waals surface area contributed by atoms with Gasteiger partial charge in [-0.15, -0.1) is 12.4 Å². The van der Waals surface area contributed by atoms with Crippen LogP contribution in [0, 0.1) is 0 Å². The number of para-hydroxylation sites is 1. The Labute approximate surface area is 118 Å². The maximum Gasteiger partial charge on any atom is 0.238 e. The van der Waals surface area contributed by atoms with Crippen molar-refractivity contribution in [2.75, 3.05) is 11.9 Å². The Morgan fingerprint density at radius 1 is 1.00 bits per heavy atom. The van der Waals surface area contributed by atoms with E-state index in [1.54, 1.807) is 24.3 Å². The van der Waals surface area contributed by atoms with Crippen LogP contribution in [0.2, 0.25) is 0 Å². The monoisotopic (exact) mass is 278 g/mol. The van der Waals surface area contributed by atoms with Gasteiger partial charge in [-0.2, -0.15) is 0 Å². The Morgan fingerprint density at radius 3 is 2.16 bits per heavy atom. The van der Waals surface area contributed by atoms with E-state index in [9.17, 15) is 4.79 Å². The fraction of sp³-hybridized carbons (Fsp3) is 0.0714. The normalized spacial score (nSPS) is 9.32. The summed E-state index contributed by atoms with van der Waals surface area (Å²) in [6.07, 6.45) is 0. The molecule has 0 aliphatic heterocycles. The molecule has 0 saturated carbocycles. The lowest BCUT2D eigenvalue weighted by Crippen LogP contribution is -2.21. The highest BCUT2D eigenvalue weighted by Crippen LogP contribution is 2.22. The maximum absolute atomic E-state index is 11.1. The number of benzene rings is 2. The van der Waals surface area contributed by atoms with Crippen LogP contribution in [0.25, 0.3) is 0 Å². The van der Waals surface area contributed by atoms with E-state index >= 15 is 0 Å². The van der Waals surface area contributed by atoms with Gasteiger partial charge in [0.2, 0.25) is 5.91 Å². The molecule has 2 aromatic rings. The lowest BCUT2D eigenvalue weighted by molar-refractivity contribution is -0.114. The van der Waals surface area contributed by atoms with Crippen molar-refractivity contribution < 1.29 is 9.53 Å². The summed E-state index contributed by atoms with van der Waals surface area (Å²) in [4.78, 5) is 11.1. The average Bonchev–Trinajstić information content (AvgIpc) is 2.42. The van der Waals surface area contributed by atoms with Gasteiger partial charge in [-0.1, -0.05) is 18.2 Å². The molecule has 3 N–H and O–H groups in total. The molecule has 2 aromatic carbocycles. The van der Waals surface area contributed by atoms with Gasteiger partial charge in [-0.3, -0.25) is 4.79 Å². The highest BCUT2D eigenvalue weighted by Gasteiger charge is 2.00. The van der Waals surface area contributed by atoms with Crippen molar-refractivity contribution in [3.05, 3.63) is 54.6 Å². The number of carbonyl (C=O) groups excluding carboxylic acids is 1. The van der Waals surface area contributed by atoms with Gasteiger partial charge in [0.1, 0.15) is 11.5 Å². The predicted molar refractivity (Wildman–Crippen MR) is 77.9 cm³/mol. The van der Waals surface area contributed by atoms with Gasteiger partial charge in [0.15, 0.2) is 0 Å². The minimum atomic E-state index is -0.216. The standard InChI is InChI=1S/C14H14N2O2.ClH/c15-10-14(17)16-11-6-8-13(9-7-11)18-12-4-2-1-3-5-12;/h1-9H,10,15H2,(H,16,17);1H. The molecule has 4 nitrogen and oxygen atoms in total. The minimum absolute atomic E-state index is 0. The number of nitrogens with two attached hydrogens (primary N) is 1. The molecule has 0 saturated heterocycles. The van der Waals surface area contributed by atoms with E-state index in [1.807, 2.05) is 30.3 Å². The smallest absolute Gasteiger partial charge is 0.238 e. The number of ether oxygens (including phenoxy) is 1. The third kappa shape index (κ3) is 4.62. The van der Waals surface area contributed by atoms with Crippen LogP contribution in [0.3, 0.4) is 0 Å². The van der Waals surface area contributed by atoms with Crippen LogP contribution < -0.4 is 15.8 Å². The zero-order valence-corrected chi connectivity index (χ0v) is 11.0. The second kappa shape index (κ2) is 7.41. The van der Waals surface area contributed by atoms with Crippen molar-refractivity contribution in [2.45, 2.75) is 0 Å². The molecule has 0 aliphatic carbocycles. The Hall–Kier alpha value is -2.04. The number of hydrogen-bond acceptors (Lipinski definition) is 3. The molecular formula is C14H15ClN2O2. The summed E-state index contributed by atoms with van der Waals surface area (Å²) in [5.74, 6) is 1.27. The van der Waals surface area contributed by atoms with Crippen LogP contribution in [-0.4, -0.2) is 12.5 Å². The third-order valence-corrected chi connectivity index (χ3v) is 2.30. The van der Waals surface area contributed by atoms with E-state index < -0.39 is 0 Å². The molecule has 100 valence electrons. The van der Waals surface area contributed by atoms with E-state index in [4.69, 9.17) is 10.5 Å². The van der Waals surface area contributed by atoms with E-state index in [-0.39, 0.29) is 24.9 Å². The van der Waals surface area contributed by atoms with Crippen LogP contribution in [0.4, 0.5) is 5.69 Å². The molecule has 0 spiro atoms. The van der Waals surface area contributed by atoms with Crippen molar-refractivity contribution in [1.29, 1.82) is 0 Å². The van der Waals surface area contributed by atoms with Gasteiger partial charge < -0.3 is 15.8 Å². The van der Waals surface area contributed by atoms with E-state index in [0.717, 1.165) is 5.75 Å². The first kappa shape index (κ1) is 15.0. The Balaban J connectivity index is 0.00000180. The average molecular weight is 279 g/mol. The molecule has 0 aromatic heterocycles. The van der Waals surface area contributed by atoms with Gasteiger partial charge in [0.25, 0.3) is 0 Å². The SMILES string of the molecule is Cl.NCC(=O)Nc1ccc(Oc2ccccc2)cc1. The highest BCUT2D eigenvalue weighted by atomic mass is 35.5. The van der Waals surface area contributed by atoms with Crippen molar-refractivity contribution in [3.8, 4) is 11.5 Å². The summed E-state index contributed by atoms with van der Waals surface area (Å²) in [7, 11) is 0. The summed E-state index contributed by atoms with van der Waals surface area (Å²) >= 11 is 0. The number of nitrogens with one attached hydrogen (secondary N) is 1.